The van der Waals surface area contributed by atoms with Gasteiger partial charge in [0.2, 0.25) is 0 Å². The quantitative estimate of drug-likeness (QED) is 0.713. The molecule has 0 heterocycles. The summed E-state index contributed by atoms with van der Waals surface area (Å²) in [5.41, 5.74) is 3.28. The Kier molecular flexibility index (Phi) is 6.02. The first kappa shape index (κ1) is 12.9. The molecular weight excluding hydrogens is 312 g/mol. The molecule has 1 rings (SSSR count). The van der Waals surface area contributed by atoms with Gasteiger partial charge < -0.3 is 0 Å². The fraction of sp³-hybridized carbons (Fsp3) is 0.250. The molecular formula is C8H11BrCl2Zn. The minimum atomic E-state index is -2.70. The zero-order chi connectivity index (χ0) is 8.32. The van der Waals surface area contributed by atoms with Gasteiger partial charge >= 0.3 is 78.6 Å². The third-order valence-corrected chi connectivity index (χ3v) is 6.59. The van der Waals surface area contributed by atoms with E-state index < -0.39 is 12.8 Å². The molecule has 0 spiro atoms. The van der Waals surface area contributed by atoms with Gasteiger partial charge in [0.15, 0.2) is 0 Å². The van der Waals surface area contributed by atoms with E-state index in [4.69, 9.17) is 19.4 Å². The first-order valence-corrected chi connectivity index (χ1v) is 16.9. The summed E-state index contributed by atoms with van der Waals surface area (Å²) >= 11 is -2.70. The van der Waals surface area contributed by atoms with E-state index in [1.807, 2.05) is 23.7 Å². The van der Waals surface area contributed by atoms with Crippen molar-refractivity contribution in [3.05, 3.63) is 35.9 Å². The first-order valence-electron chi connectivity index (χ1n) is 4.01. The van der Waals surface area contributed by atoms with E-state index in [2.05, 4.69) is 12.1 Å². The van der Waals surface area contributed by atoms with Crippen LogP contribution < -0.4 is 0 Å². The molecule has 0 aliphatic carbocycles. The van der Waals surface area contributed by atoms with E-state index in [9.17, 15) is 0 Å². The van der Waals surface area contributed by atoms with Crippen LogP contribution in [-0.2, 0) is 17.8 Å². The van der Waals surface area contributed by atoms with Crippen LogP contribution in [0.15, 0.2) is 30.3 Å². The molecule has 12 heavy (non-hydrogen) atoms. The fourth-order valence-corrected chi connectivity index (χ4v) is 6.25. The predicted molar refractivity (Wildman–Crippen MR) is 58.0 cm³/mol. The molecule has 0 saturated heterocycles. The van der Waals surface area contributed by atoms with Gasteiger partial charge in [0.1, 0.15) is 0 Å². The minimum absolute atomic E-state index is 0. The number of hydrogen-bond donors (Lipinski definition) is 0. The van der Waals surface area contributed by atoms with Gasteiger partial charge in [0.25, 0.3) is 0 Å². The summed E-state index contributed by atoms with van der Waals surface area (Å²) in [5.74, 6) is 0. The second kappa shape index (κ2) is 5.60. The number of benzene rings is 1. The van der Waals surface area contributed by atoms with Crippen LogP contribution in [0.2, 0.25) is 5.52 Å². The van der Waals surface area contributed by atoms with E-state index in [0.29, 0.717) is 0 Å². The Hall–Kier alpha value is 0.903. The van der Waals surface area contributed by atoms with Crippen molar-refractivity contribution < 1.29 is 12.8 Å². The van der Waals surface area contributed by atoms with Crippen molar-refractivity contribution in [3.63, 3.8) is 0 Å². The average Bonchev–Trinajstić information content (AvgIpc) is 1.85. The van der Waals surface area contributed by atoms with Crippen molar-refractivity contribution >= 4 is 36.4 Å². The van der Waals surface area contributed by atoms with Crippen LogP contribution in [0.4, 0.5) is 0 Å². The van der Waals surface area contributed by atoms with Crippen LogP contribution >= 0.6 is 36.4 Å². The van der Waals surface area contributed by atoms with E-state index in [0.717, 1.165) is 5.02 Å². The van der Waals surface area contributed by atoms with Crippen molar-refractivity contribution in [2.24, 2.45) is 0 Å². The predicted octanol–water partition coefficient (Wildman–Crippen LogP) is 4.27. The van der Waals surface area contributed by atoms with Gasteiger partial charge in [-0.3, -0.25) is 0 Å². The van der Waals surface area contributed by atoms with Gasteiger partial charge in [-0.1, -0.05) is 0 Å². The summed E-state index contributed by atoms with van der Waals surface area (Å²) < 4.78 is 0. The number of rotatable bonds is 2. The van der Waals surface area contributed by atoms with Crippen molar-refractivity contribution in [2.45, 2.75) is 10.5 Å². The summed E-state index contributed by atoms with van der Waals surface area (Å²) in [6, 6.07) is 10.2. The molecule has 0 aliphatic heterocycles. The Morgan fingerprint density at radius 1 is 1.17 bits per heavy atom. The first-order chi connectivity index (χ1) is 5.08. The van der Waals surface area contributed by atoms with Crippen LogP contribution in [-0.4, -0.2) is 0 Å². The molecule has 0 fully saturated rings. The van der Waals surface area contributed by atoms with Gasteiger partial charge in [0.05, 0.1) is 0 Å². The Morgan fingerprint density at radius 2 is 1.67 bits per heavy atom. The molecule has 0 bridgehead atoms. The third-order valence-electron chi connectivity index (χ3n) is 1.57. The van der Waals surface area contributed by atoms with Crippen molar-refractivity contribution in [1.82, 2.24) is 0 Å². The zero-order valence-corrected chi connectivity index (χ0v) is 13.2. The van der Waals surface area contributed by atoms with Gasteiger partial charge in [-0.15, -0.1) is 17.0 Å². The molecule has 1 aromatic rings. The molecule has 0 radical (unpaired) electrons. The Morgan fingerprint density at radius 3 is 2.08 bits per heavy atom. The molecule has 66 valence electrons. The molecule has 0 nitrogen and oxygen atoms in total. The van der Waals surface area contributed by atoms with Gasteiger partial charge in [-0.25, -0.2) is 0 Å². The topological polar surface area (TPSA) is 0 Å². The summed E-state index contributed by atoms with van der Waals surface area (Å²) in [6.07, 6.45) is 0. The van der Waals surface area contributed by atoms with Gasteiger partial charge in [-0.2, -0.15) is 0 Å². The molecule has 0 saturated carbocycles. The van der Waals surface area contributed by atoms with Crippen LogP contribution in [0.3, 0.4) is 0 Å². The fourth-order valence-electron chi connectivity index (χ4n) is 1.15. The summed E-state index contributed by atoms with van der Waals surface area (Å²) in [5, 5.41) is 0.910. The molecule has 0 amide bonds. The van der Waals surface area contributed by atoms with Crippen LogP contribution in [0.25, 0.3) is 0 Å². The normalized spacial score (nSPS) is 9.25. The monoisotopic (exact) mass is 320 g/mol. The van der Waals surface area contributed by atoms with Crippen molar-refractivity contribution in [1.29, 1.82) is 0 Å². The Bertz CT molecular complexity index is 220. The van der Waals surface area contributed by atoms with Crippen molar-refractivity contribution in [2.75, 3.05) is 0 Å². The SMILES string of the molecule is Br.[CH3][Zn]([Cl])([Cl])[CH2]c1ccccc1. The number of hydrogen-bond acceptors (Lipinski definition) is 0. The van der Waals surface area contributed by atoms with Gasteiger partial charge in [-0.05, 0) is 0 Å². The van der Waals surface area contributed by atoms with E-state index >= 15 is 0 Å². The van der Waals surface area contributed by atoms with Crippen LogP contribution in [0.1, 0.15) is 5.56 Å². The van der Waals surface area contributed by atoms with Crippen molar-refractivity contribution in [3.8, 4) is 0 Å². The molecule has 4 heteroatoms. The Balaban J connectivity index is 0.00000121. The molecule has 0 aromatic heterocycles. The maximum absolute atomic E-state index is 6.05. The van der Waals surface area contributed by atoms with Gasteiger partial charge in [0, 0.05) is 0 Å². The summed E-state index contributed by atoms with van der Waals surface area (Å²) in [4.78, 5) is 0. The van der Waals surface area contributed by atoms with E-state index in [-0.39, 0.29) is 17.0 Å². The molecule has 1 aromatic carbocycles. The second-order valence-electron chi connectivity index (χ2n) is 3.25. The molecule has 0 aliphatic rings. The maximum atomic E-state index is 6.05. The standard InChI is InChI=1S/C7H7.CH3.BrH.2ClH.Zn/c1-7-5-3-2-4-6-7;;;;;/h2-6H,1H2;1H3;3*1H;/q;;;;;+2/p-2. The second-order valence-corrected chi connectivity index (χ2v) is 24.3. The summed E-state index contributed by atoms with van der Waals surface area (Å²) in [7, 11) is 12.1. The number of halogens is 3. The van der Waals surface area contributed by atoms with Crippen LogP contribution in [0.5, 0.6) is 0 Å². The third kappa shape index (κ3) is 5.53. The molecule has 0 unspecified atom stereocenters. The molecule has 0 N–H and O–H groups in total. The van der Waals surface area contributed by atoms with E-state index in [1.165, 1.54) is 5.56 Å². The Labute approximate surface area is 94.9 Å². The zero-order valence-electron chi connectivity index (χ0n) is 6.97. The summed E-state index contributed by atoms with van der Waals surface area (Å²) in [6.45, 7) is 0. The molecule has 0 atom stereocenters. The van der Waals surface area contributed by atoms with Crippen LogP contribution in [0, 0.1) is 0 Å². The average molecular weight is 323 g/mol. The van der Waals surface area contributed by atoms with E-state index in [1.54, 1.807) is 0 Å².